The number of hydrogen-bond donors (Lipinski definition) is 1. The molecule has 0 saturated carbocycles. The third kappa shape index (κ3) is 5.08. The second kappa shape index (κ2) is 9.90. The standard InChI is InChI=1S/C25H17ClFN3O2S/c26-17-6-4-5-16(13-17)14-22-24(32)30(20-11-9-18(27)10-12-20)25(33-22)21(15-28)23(31)29-19-7-2-1-3-8-19/h1-13,22H,14H2,(H,29,31). The van der Waals surface area contributed by atoms with E-state index in [0.29, 0.717) is 22.8 Å². The van der Waals surface area contributed by atoms with Crippen molar-refractivity contribution in [1.82, 2.24) is 0 Å². The third-order valence-electron chi connectivity index (χ3n) is 4.93. The minimum absolute atomic E-state index is 0.199. The number of benzene rings is 3. The number of hydrogen-bond acceptors (Lipinski definition) is 4. The van der Waals surface area contributed by atoms with E-state index in [1.165, 1.54) is 29.2 Å². The number of amides is 2. The van der Waals surface area contributed by atoms with Crippen LogP contribution < -0.4 is 10.2 Å². The summed E-state index contributed by atoms with van der Waals surface area (Å²) < 4.78 is 13.5. The van der Waals surface area contributed by atoms with Crippen molar-refractivity contribution in [3.05, 3.63) is 106 Å². The molecule has 1 saturated heterocycles. The molecule has 1 aliphatic rings. The number of rotatable bonds is 5. The van der Waals surface area contributed by atoms with Crippen molar-refractivity contribution in [3.63, 3.8) is 0 Å². The highest BCUT2D eigenvalue weighted by Crippen LogP contribution is 2.42. The van der Waals surface area contributed by atoms with E-state index in [2.05, 4.69) is 5.32 Å². The van der Waals surface area contributed by atoms with Crippen LogP contribution in [0.5, 0.6) is 0 Å². The maximum atomic E-state index is 13.5. The first-order valence-electron chi connectivity index (χ1n) is 9.97. The Hall–Kier alpha value is -3.60. The summed E-state index contributed by atoms with van der Waals surface area (Å²) in [7, 11) is 0. The minimum Gasteiger partial charge on any atom is -0.321 e. The van der Waals surface area contributed by atoms with Crippen LogP contribution in [0.15, 0.2) is 89.5 Å². The molecule has 1 unspecified atom stereocenters. The van der Waals surface area contributed by atoms with Gasteiger partial charge in [-0.1, -0.05) is 53.7 Å². The predicted octanol–water partition coefficient (Wildman–Crippen LogP) is 5.54. The molecule has 0 spiro atoms. The zero-order valence-electron chi connectivity index (χ0n) is 17.2. The van der Waals surface area contributed by atoms with E-state index in [-0.39, 0.29) is 16.5 Å². The van der Waals surface area contributed by atoms with Crippen molar-refractivity contribution in [2.75, 3.05) is 10.2 Å². The summed E-state index contributed by atoms with van der Waals surface area (Å²) in [4.78, 5) is 27.7. The van der Waals surface area contributed by atoms with E-state index in [4.69, 9.17) is 11.6 Å². The quantitative estimate of drug-likeness (QED) is 0.386. The first-order valence-corrected chi connectivity index (χ1v) is 11.2. The lowest BCUT2D eigenvalue weighted by Gasteiger charge is -2.18. The van der Waals surface area contributed by atoms with Gasteiger partial charge in [0.05, 0.1) is 5.25 Å². The van der Waals surface area contributed by atoms with Crippen LogP contribution in [-0.2, 0) is 16.0 Å². The fourth-order valence-electron chi connectivity index (χ4n) is 3.41. The van der Waals surface area contributed by atoms with Crippen LogP contribution in [0.2, 0.25) is 5.02 Å². The van der Waals surface area contributed by atoms with Gasteiger partial charge < -0.3 is 5.32 Å². The Morgan fingerprint density at radius 3 is 2.48 bits per heavy atom. The largest absolute Gasteiger partial charge is 0.321 e. The zero-order valence-corrected chi connectivity index (χ0v) is 18.7. The summed E-state index contributed by atoms with van der Waals surface area (Å²) in [6.07, 6.45) is 0.351. The summed E-state index contributed by atoms with van der Waals surface area (Å²) >= 11 is 7.22. The van der Waals surface area contributed by atoms with Gasteiger partial charge >= 0.3 is 0 Å². The molecule has 0 aromatic heterocycles. The number of nitrogens with zero attached hydrogens (tertiary/aromatic N) is 2. The van der Waals surface area contributed by atoms with Crippen LogP contribution in [0, 0.1) is 17.1 Å². The Bertz CT molecular complexity index is 1270. The normalized spacial score (nSPS) is 16.9. The second-order valence-corrected chi connectivity index (χ2v) is 8.83. The maximum Gasteiger partial charge on any atom is 0.269 e. The fraction of sp³-hybridized carbons (Fsp3) is 0.0800. The summed E-state index contributed by atoms with van der Waals surface area (Å²) in [5.41, 5.74) is 1.54. The van der Waals surface area contributed by atoms with Crippen LogP contribution in [0.4, 0.5) is 15.8 Å². The molecule has 3 aromatic carbocycles. The molecule has 1 atom stereocenters. The van der Waals surface area contributed by atoms with Gasteiger partial charge in [0.25, 0.3) is 5.91 Å². The fourth-order valence-corrected chi connectivity index (χ4v) is 4.93. The van der Waals surface area contributed by atoms with Crippen LogP contribution in [-0.4, -0.2) is 17.1 Å². The van der Waals surface area contributed by atoms with Gasteiger partial charge in [0.15, 0.2) is 0 Å². The molecule has 1 heterocycles. The highest BCUT2D eigenvalue weighted by atomic mass is 35.5. The van der Waals surface area contributed by atoms with E-state index in [0.717, 1.165) is 17.3 Å². The number of nitrogens with one attached hydrogen (secondary N) is 1. The number of para-hydroxylation sites is 1. The van der Waals surface area contributed by atoms with E-state index in [9.17, 15) is 19.2 Å². The smallest absolute Gasteiger partial charge is 0.269 e. The SMILES string of the molecule is N#CC(C(=O)Nc1ccccc1)=C1SC(Cc2cccc(Cl)c2)C(=O)N1c1ccc(F)cc1. The lowest BCUT2D eigenvalue weighted by molar-refractivity contribution is -0.117. The first-order chi connectivity index (χ1) is 16.0. The number of anilines is 2. The van der Waals surface area contributed by atoms with Gasteiger partial charge in [-0.25, -0.2) is 4.39 Å². The summed E-state index contributed by atoms with van der Waals surface area (Å²) in [5.74, 6) is -1.39. The molecule has 1 aliphatic heterocycles. The number of halogens is 2. The molecular formula is C25H17ClFN3O2S. The van der Waals surface area contributed by atoms with Crippen LogP contribution in [0.25, 0.3) is 0 Å². The number of nitriles is 1. The Labute approximate surface area is 199 Å². The molecule has 2 amide bonds. The third-order valence-corrected chi connectivity index (χ3v) is 6.43. The van der Waals surface area contributed by atoms with E-state index in [1.54, 1.807) is 42.5 Å². The predicted molar refractivity (Wildman–Crippen MR) is 128 cm³/mol. The molecule has 4 rings (SSSR count). The van der Waals surface area contributed by atoms with Crippen LogP contribution in [0.3, 0.4) is 0 Å². The van der Waals surface area contributed by atoms with Crippen LogP contribution in [0.1, 0.15) is 5.56 Å². The number of carbonyl (C=O) groups is 2. The highest BCUT2D eigenvalue weighted by Gasteiger charge is 2.40. The Morgan fingerprint density at radius 2 is 1.82 bits per heavy atom. The summed E-state index contributed by atoms with van der Waals surface area (Å²) in [5, 5.41) is 12.7. The van der Waals surface area contributed by atoms with Gasteiger partial charge in [0.1, 0.15) is 22.5 Å². The van der Waals surface area contributed by atoms with E-state index < -0.39 is 17.0 Å². The van der Waals surface area contributed by atoms with Crippen molar-refractivity contribution >= 4 is 46.6 Å². The number of carbonyl (C=O) groups excluding carboxylic acids is 2. The molecule has 1 N–H and O–H groups in total. The molecule has 0 radical (unpaired) electrons. The number of thioether (sulfide) groups is 1. The van der Waals surface area contributed by atoms with Gasteiger partial charge in [-0.3, -0.25) is 14.5 Å². The molecule has 0 bridgehead atoms. The van der Waals surface area contributed by atoms with Gasteiger partial charge in [-0.05, 0) is 60.5 Å². The second-order valence-electron chi connectivity index (χ2n) is 7.20. The average Bonchev–Trinajstić information content (AvgIpc) is 3.11. The first kappa shape index (κ1) is 22.6. The van der Waals surface area contributed by atoms with Crippen molar-refractivity contribution in [2.45, 2.75) is 11.7 Å². The van der Waals surface area contributed by atoms with Crippen molar-refractivity contribution in [3.8, 4) is 6.07 Å². The molecule has 164 valence electrons. The zero-order chi connectivity index (χ0) is 23.4. The Kier molecular flexibility index (Phi) is 6.78. The Morgan fingerprint density at radius 1 is 1.09 bits per heavy atom. The molecule has 3 aromatic rings. The summed E-state index contributed by atoms with van der Waals surface area (Å²) in [6.45, 7) is 0. The van der Waals surface area contributed by atoms with Crippen LogP contribution >= 0.6 is 23.4 Å². The van der Waals surface area contributed by atoms with E-state index in [1.807, 2.05) is 18.2 Å². The molecule has 8 heteroatoms. The Balaban J connectivity index is 1.73. The maximum absolute atomic E-state index is 13.5. The van der Waals surface area contributed by atoms with Crippen molar-refractivity contribution < 1.29 is 14.0 Å². The van der Waals surface area contributed by atoms with Gasteiger partial charge in [-0.15, -0.1) is 0 Å². The van der Waals surface area contributed by atoms with Crippen molar-refractivity contribution in [2.24, 2.45) is 0 Å². The monoisotopic (exact) mass is 477 g/mol. The molecular weight excluding hydrogens is 461 g/mol. The molecule has 1 fully saturated rings. The highest BCUT2D eigenvalue weighted by molar-refractivity contribution is 8.05. The lowest BCUT2D eigenvalue weighted by Crippen LogP contribution is -2.30. The molecule has 0 aliphatic carbocycles. The van der Waals surface area contributed by atoms with Gasteiger partial charge in [-0.2, -0.15) is 5.26 Å². The topological polar surface area (TPSA) is 73.2 Å². The molecule has 5 nitrogen and oxygen atoms in total. The van der Waals surface area contributed by atoms with E-state index >= 15 is 0 Å². The lowest BCUT2D eigenvalue weighted by atomic mass is 10.1. The van der Waals surface area contributed by atoms with Gasteiger partial charge in [0.2, 0.25) is 5.91 Å². The summed E-state index contributed by atoms with van der Waals surface area (Å²) in [6, 6.07) is 23.2. The average molecular weight is 478 g/mol. The molecule has 33 heavy (non-hydrogen) atoms. The van der Waals surface area contributed by atoms with Gasteiger partial charge in [0, 0.05) is 16.4 Å². The minimum atomic E-state index is -0.630. The van der Waals surface area contributed by atoms with Crippen molar-refractivity contribution in [1.29, 1.82) is 5.26 Å².